The molecule has 0 aromatic heterocycles. The lowest BCUT2D eigenvalue weighted by Gasteiger charge is -2.20. The van der Waals surface area contributed by atoms with E-state index in [1.165, 1.54) is 0 Å². The number of carboxylic acids is 1. The van der Waals surface area contributed by atoms with Crippen molar-refractivity contribution in [2.45, 2.75) is 31.7 Å². The molecule has 0 bridgehead atoms. The third-order valence-corrected chi connectivity index (χ3v) is 2.67. The maximum Gasteiger partial charge on any atom is 0.326 e. The number of nitrogens with one attached hydrogen (secondary N) is 1. The summed E-state index contributed by atoms with van der Waals surface area (Å²) in [5.41, 5.74) is 4.94. The van der Waals surface area contributed by atoms with Crippen molar-refractivity contribution in [3.63, 3.8) is 0 Å². The molecule has 1 aliphatic heterocycles. The number of urea groups is 1. The van der Waals surface area contributed by atoms with Crippen molar-refractivity contribution in [2.75, 3.05) is 13.1 Å². The number of likely N-dealkylation sites (tertiary alicyclic amines) is 1. The van der Waals surface area contributed by atoms with Crippen LogP contribution in [0.3, 0.4) is 0 Å². The van der Waals surface area contributed by atoms with Gasteiger partial charge in [-0.25, -0.2) is 9.59 Å². The first-order chi connectivity index (χ1) is 8.00. The zero-order chi connectivity index (χ0) is 12.8. The van der Waals surface area contributed by atoms with Crippen LogP contribution in [-0.4, -0.2) is 47.0 Å². The van der Waals surface area contributed by atoms with Crippen LogP contribution >= 0.6 is 0 Å². The molecule has 0 saturated carbocycles. The molecule has 4 N–H and O–H groups in total. The van der Waals surface area contributed by atoms with E-state index in [-0.39, 0.29) is 18.9 Å². The van der Waals surface area contributed by atoms with Gasteiger partial charge in [0, 0.05) is 19.5 Å². The quantitative estimate of drug-likeness (QED) is 0.604. The van der Waals surface area contributed by atoms with Crippen molar-refractivity contribution in [2.24, 2.45) is 5.73 Å². The van der Waals surface area contributed by atoms with Crippen molar-refractivity contribution in [1.82, 2.24) is 10.2 Å². The average Bonchev–Trinajstić information content (AvgIpc) is 2.76. The molecule has 0 aliphatic carbocycles. The fourth-order valence-electron chi connectivity index (χ4n) is 1.70. The van der Waals surface area contributed by atoms with Crippen LogP contribution in [0.5, 0.6) is 0 Å². The Balaban J connectivity index is 2.44. The third-order valence-electron chi connectivity index (χ3n) is 2.67. The van der Waals surface area contributed by atoms with Gasteiger partial charge in [-0.3, -0.25) is 4.79 Å². The van der Waals surface area contributed by atoms with Crippen LogP contribution in [0.4, 0.5) is 4.79 Å². The van der Waals surface area contributed by atoms with Gasteiger partial charge in [-0.15, -0.1) is 0 Å². The van der Waals surface area contributed by atoms with Gasteiger partial charge >= 0.3 is 12.0 Å². The molecule has 1 saturated heterocycles. The van der Waals surface area contributed by atoms with E-state index in [0.717, 1.165) is 12.8 Å². The first-order valence-electron chi connectivity index (χ1n) is 5.57. The van der Waals surface area contributed by atoms with E-state index in [1.807, 2.05) is 0 Å². The lowest BCUT2D eigenvalue weighted by atomic mass is 10.1. The minimum absolute atomic E-state index is 0.0181. The fraction of sp³-hybridized carbons (Fsp3) is 0.700. The van der Waals surface area contributed by atoms with Crippen molar-refractivity contribution in [3.05, 3.63) is 0 Å². The van der Waals surface area contributed by atoms with Crippen molar-refractivity contribution in [1.29, 1.82) is 0 Å². The van der Waals surface area contributed by atoms with E-state index in [9.17, 15) is 14.4 Å². The van der Waals surface area contributed by atoms with Gasteiger partial charge in [0.25, 0.3) is 0 Å². The summed E-state index contributed by atoms with van der Waals surface area (Å²) in [6.07, 6.45) is 1.83. The van der Waals surface area contributed by atoms with Gasteiger partial charge < -0.3 is 21.1 Å². The zero-order valence-electron chi connectivity index (χ0n) is 9.52. The van der Waals surface area contributed by atoms with Crippen LogP contribution in [-0.2, 0) is 9.59 Å². The first kappa shape index (κ1) is 13.3. The molecule has 3 amide bonds. The summed E-state index contributed by atoms with van der Waals surface area (Å²) in [6, 6.07) is -1.45. The SMILES string of the molecule is NC(=O)CC[C@H](NC(=O)N1CCCC1)C(=O)O. The Morgan fingerprint density at radius 2 is 1.88 bits per heavy atom. The monoisotopic (exact) mass is 243 g/mol. The number of primary amides is 1. The Labute approximate surface area is 98.9 Å². The minimum Gasteiger partial charge on any atom is -0.480 e. The van der Waals surface area contributed by atoms with Gasteiger partial charge in [-0.1, -0.05) is 0 Å². The lowest BCUT2D eigenvalue weighted by molar-refractivity contribution is -0.139. The first-order valence-corrected chi connectivity index (χ1v) is 5.57. The molecule has 0 aromatic carbocycles. The van der Waals surface area contributed by atoms with E-state index in [4.69, 9.17) is 10.8 Å². The summed E-state index contributed by atoms with van der Waals surface area (Å²) in [4.78, 5) is 34.7. The number of hydrogen-bond donors (Lipinski definition) is 3. The summed E-state index contributed by atoms with van der Waals surface area (Å²) in [6.45, 7) is 1.29. The predicted octanol–water partition coefficient (Wildman–Crippen LogP) is -0.489. The van der Waals surface area contributed by atoms with E-state index >= 15 is 0 Å². The summed E-state index contributed by atoms with van der Waals surface area (Å²) in [7, 11) is 0. The van der Waals surface area contributed by atoms with Crippen LogP contribution in [0, 0.1) is 0 Å². The average molecular weight is 243 g/mol. The molecule has 0 unspecified atom stereocenters. The number of nitrogens with zero attached hydrogens (tertiary/aromatic N) is 1. The smallest absolute Gasteiger partial charge is 0.326 e. The van der Waals surface area contributed by atoms with Crippen LogP contribution < -0.4 is 11.1 Å². The zero-order valence-corrected chi connectivity index (χ0v) is 9.52. The van der Waals surface area contributed by atoms with E-state index in [0.29, 0.717) is 13.1 Å². The molecule has 1 atom stereocenters. The van der Waals surface area contributed by atoms with Gasteiger partial charge in [0.05, 0.1) is 0 Å². The standard InChI is InChI=1S/C10H17N3O4/c11-8(14)4-3-7(9(15)16)12-10(17)13-5-1-2-6-13/h7H,1-6H2,(H2,11,14)(H,12,17)(H,15,16)/t7-/m0/s1. The Bertz CT molecular complexity index is 313. The Morgan fingerprint density at radius 1 is 1.29 bits per heavy atom. The highest BCUT2D eigenvalue weighted by Gasteiger charge is 2.24. The minimum atomic E-state index is -1.15. The summed E-state index contributed by atoms with van der Waals surface area (Å²) < 4.78 is 0. The maximum absolute atomic E-state index is 11.6. The maximum atomic E-state index is 11.6. The molecule has 1 heterocycles. The molecule has 0 aromatic rings. The highest BCUT2D eigenvalue weighted by Crippen LogP contribution is 2.08. The van der Waals surface area contributed by atoms with Gasteiger partial charge in [-0.2, -0.15) is 0 Å². The summed E-state index contributed by atoms with van der Waals surface area (Å²) >= 11 is 0. The van der Waals surface area contributed by atoms with Crippen LogP contribution in [0.2, 0.25) is 0 Å². The van der Waals surface area contributed by atoms with Crippen LogP contribution in [0.25, 0.3) is 0 Å². The number of hydrogen-bond acceptors (Lipinski definition) is 3. The largest absolute Gasteiger partial charge is 0.480 e. The van der Waals surface area contributed by atoms with E-state index < -0.39 is 17.9 Å². The number of nitrogens with two attached hydrogens (primary N) is 1. The van der Waals surface area contributed by atoms with Crippen LogP contribution in [0.1, 0.15) is 25.7 Å². The third kappa shape index (κ3) is 4.29. The molecule has 96 valence electrons. The highest BCUT2D eigenvalue weighted by molar-refractivity contribution is 5.83. The van der Waals surface area contributed by atoms with Gasteiger partial charge in [0.2, 0.25) is 5.91 Å². The number of rotatable bonds is 5. The molecule has 7 nitrogen and oxygen atoms in total. The second kappa shape index (κ2) is 6.07. The molecule has 1 aliphatic rings. The number of aliphatic carboxylic acids is 1. The Kier molecular flexibility index (Phi) is 4.74. The van der Waals surface area contributed by atoms with Gasteiger partial charge in [0.1, 0.15) is 6.04 Å². The predicted molar refractivity (Wildman–Crippen MR) is 59.2 cm³/mol. The number of amides is 3. The molecular formula is C10H17N3O4. The number of carbonyl (C=O) groups excluding carboxylic acids is 2. The molecule has 0 spiro atoms. The molecule has 0 radical (unpaired) electrons. The molecule has 7 heteroatoms. The molecular weight excluding hydrogens is 226 g/mol. The summed E-state index contributed by atoms with van der Waals surface area (Å²) in [5, 5.41) is 11.3. The summed E-state index contributed by atoms with van der Waals surface area (Å²) in [5.74, 6) is -1.73. The topological polar surface area (TPSA) is 113 Å². The van der Waals surface area contributed by atoms with Gasteiger partial charge in [0.15, 0.2) is 0 Å². The van der Waals surface area contributed by atoms with Crippen molar-refractivity contribution >= 4 is 17.9 Å². The van der Waals surface area contributed by atoms with Crippen molar-refractivity contribution in [3.8, 4) is 0 Å². The molecule has 1 fully saturated rings. The molecule has 1 rings (SSSR count). The van der Waals surface area contributed by atoms with Gasteiger partial charge in [-0.05, 0) is 19.3 Å². The Morgan fingerprint density at radius 3 is 2.35 bits per heavy atom. The normalized spacial score (nSPS) is 16.6. The number of carbonyl (C=O) groups is 3. The second-order valence-electron chi connectivity index (χ2n) is 4.04. The van der Waals surface area contributed by atoms with E-state index in [1.54, 1.807) is 4.90 Å². The fourth-order valence-corrected chi connectivity index (χ4v) is 1.70. The highest BCUT2D eigenvalue weighted by atomic mass is 16.4. The van der Waals surface area contributed by atoms with Crippen LogP contribution in [0.15, 0.2) is 0 Å². The van der Waals surface area contributed by atoms with Crippen molar-refractivity contribution < 1.29 is 19.5 Å². The van der Waals surface area contributed by atoms with E-state index in [2.05, 4.69) is 5.32 Å². The second-order valence-corrected chi connectivity index (χ2v) is 4.04. The number of carboxylic acid groups (broad SMARTS) is 1. The lowest BCUT2D eigenvalue weighted by Crippen LogP contribution is -2.47. The Hall–Kier alpha value is -1.79. The molecule has 17 heavy (non-hydrogen) atoms.